The smallest absolute Gasteiger partial charge is 0.289 e. The van der Waals surface area contributed by atoms with Gasteiger partial charge in [-0.25, -0.2) is 0 Å². The molecule has 1 aromatic carbocycles. The van der Waals surface area contributed by atoms with Crippen molar-refractivity contribution in [2.24, 2.45) is 7.05 Å². The van der Waals surface area contributed by atoms with Crippen molar-refractivity contribution in [3.63, 3.8) is 0 Å². The van der Waals surface area contributed by atoms with Gasteiger partial charge in [-0.1, -0.05) is 28.9 Å². The van der Waals surface area contributed by atoms with Crippen molar-refractivity contribution in [2.75, 3.05) is 19.8 Å². The Morgan fingerprint density at radius 2 is 2.14 bits per heavy atom. The zero-order valence-corrected chi connectivity index (χ0v) is 16.3. The summed E-state index contributed by atoms with van der Waals surface area (Å²) in [6.07, 6.45) is 5.11. The fraction of sp³-hybridized carbons (Fsp3) is 0.350. The van der Waals surface area contributed by atoms with E-state index in [4.69, 9.17) is 20.9 Å². The first-order valence-electron chi connectivity index (χ1n) is 9.13. The monoisotopic (exact) mass is 400 g/mol. The van der Waals surface area contributed by atoms with E-state index in [1.54, 1.807) is 16.9 Å². The normalized spacial score (nSPS) is 16.1. The summed E-state index contributed by atoms with van der Waals surface area (Å²) in [5, 5.41) is 11.8. The van der Waals surface area contributed by atoms with E-state index in [1.807, 2.05) is 31.4 Å². The fourth-order valence-electron chi connectivity index (χ4n) is 3.56. The summed E-state index contributed by atoms with van der Waals surface area (Å²) in [6, 6.07) is 9.44. The minimum Gasteiger partial charge on any atom is -0.381 e. The van der Waals surface area contributed by atoms with Crippen LogP contribution in [0.15, 0.2) is 47.2 Å². The second-order valence-electron chi connectivity index (χ2n) is 7.06. The minimum atomic E-state index is -0.296. The number of carbonyl (C=O) groups excluding carboxylic acids is 1. The molecule has 1 amide bonds. The highest BCUT2D eigenvalue weighted by molar-refractivity contribution is 6.30. The Hall–Kier alpha value is -2.64. The number of hydrogen-bond acceptors (Lipinski definition) is 5. The van der Waals surface area contributed by atoms with Gasteiger partial charge in [-0.3, -0.25) is 9.48 Å². The third kappa shape index (κ3) is 3.81. The van der Waals surface area contributed by atoms with Crippen LogP contribution in [0.5, 0.6) is 0 Å². The van der Waals surface area contributed by atoms with E-state index >= 15 is 0 Å². The van der Waals surface area contributed by atoms with Gasteiger partial charge in [0.2, 0.25) is 5.76 Å². The highest BCUT2D eigenvalue weighted by Crippen LogP contribution is 2.35. The van der Waals surface area contributed by atoms with Crippen LogP contribution in [0.3, 0.4) is 0 Å². The largest absolute Gasteiger partial charge is 0.381 e. The number of carbonyl (C=O) groups is 1. The number of rotatable bonds is 5. The van der Waals surface area contributed by atoms with E-state index in [-0.39, 0.29) is 17.1 Å². The summed E-state index contributed by atoms with van der Waals surface area (Å²) >= 11 is 6.20. The van der Waals surface area contributed by atoms with Crippen molar-refractivity contribution < 1.29 is 14.1 Å². The van der Waals surface area contributed by atoms with Gasteiger partial charge in [0.15, 0.2) is 0 Å². The first kappa shape index (κ1) is 18.7. The van der Waals surface area contributed by atoms with E-state index in [9.17, 15) is 4.79 Å². The number of aromatic nitrogens is 3. The van der Waals surface area contributed by atoms with Gasteiger partial charge in [-0.05, 0) is 30.5 Å². The Labute approximate surface area is 167 Å². The van der Waals surface area contributed by atoms with Crippen LogP contribution in [0.4, 0.5) is 0 Å². The van der Waals surface area contributed by atoms with Crippen LogP contribution in [0.2, 0.25) is 5.02 Å². The molecule has 1 aliphatic heterocycles. The minimum absolute atomic E-state index is 0.173. The molecule has 4 rings (SSSR count). The Kier molecular flexibility index (Phi) is 5.19. The lowest BCUT2D eigenvalue weighted by Crippen LogP contribution is -2.44. The van der Waals surface area contributed by atoms with E-state index in [0.717, 1.165) is 24.0 Å². The third-order valence-electron chi connectivity index (χ3n) is 5.21. The van der Waals surface area contributed by atoms with Gasteiger partial charge in [0, 0.05) is 55.1 Å². The standard InChI is InChI=1S/C20H21ClN4O3/c1-25-12-14(11-23-25)17-10-18(28-24-17)19(26)22-13-20(5-7-27-8-6-20)15-3-2-4-16(21)9-15/h2-4,9-12H,5-8,13H2,1H3,(H,22,26). The number of hydrogen-bond donors (Lipinski definition) is 1. The molecule has 1 N–H and O–H groups in total. The molecule has 0 saturated carbocycles. The predicted molar refractivity (Wildman–Crippen MR) is 104 cm³/mol. The molecule has 3 aromatic rings. The molecule has 2 aromatic heterocycles. The summed E-state index contributed by atoms with van der Waals surface area (Å²) in [7, 11) is 1.82. The van der Waals surface area contributed by atoms with E-state index in [2.05, 4.69) is 21.6 Å². The SMILES string of the molecule is Cn1cc(-c2cc(C(=O)NCC3(c4cccc(Cl)c4)CCOCC3)on2)cn1. The number of ether oxygens (including phenoxy) is 1. The number of amides is 1. The highest BCUT2D eigenvalue weighted by Gasteiger charge is 2.35. The summed E-state index contributed by atoms with van der Waals surface area (Å²) in [4.78, 5) is 12.7. The van der Waals surface area contributed by atoms with Crippen LogP contribution in [-0.4, -0.2) is 40.6 Å². The maximum absolute atomic E-state index is 12.7. The zero-order chi connectivity index (χ0) is 19.6. The summed E-state index contributed by atoms with van der Waals surface area (Å²) in [5.74, 6) is -0.123. The molecule has 3 heterocycles. The van der Waals surface area contributed by atoms with Gasteiger partial charge in [0.25, 0.3) is 5.91 Å². The Morgan fingerprint density at radius 1 is 1.32 bits per heavy atom. The molecule has 0 aliphatic carbocycles. The van der Waals surface area contributed by atoms with Gasteiger partial charge in [0.05, 0.1) is 6.20 Å². The number of nitrogens with zero attached hydrogens (tertiary/aromatic N) is 3. The Balaban J connectivity index is 1.50. The van der Waals surface area contributed by atoms with Crippen LogP contribution in [0.25, 0.3) is 11.3 Å². The highest BCUT2D eigenvalue weighted by atomic mass is 35.5. The molecule has 1 aliphatic rings. The van der Waals surface area contributed by atoms with Crippen molar-refractivity contribution in [3.8, 4) is 11.3 Å². The lowest BCUT2D eigenvalue weighted by Gasteiger charge is -2.38. The number of benzene rings is 1. The fourth-order valence-corrected chi connectivity index (χ4v) is 3.75. The maximum Gasteiger partial charge on any atom is 0.289 e. The Bertz CT molecular complexity index is 975. The van der Waals surface area contributed by atoms with Crippen LogP contribution < -0.4 is 5.32 Å². The molecule has 1 saturated heterocycles. The van der Waals surface area contributed by atoms with Gasteiger partial charge in [-0.2, -0.15) is 5.10 Å². The molecule has 0 bridgehead atoms. The average Bonchev–Trinajstić information content (AvgIpc) is 3.36. The van der Waals surface area contributed by atoms with Crippen molar-refractivity contribution in [1.29, 1.82) is 0 Å². The topological polar surface area (TPSA) is 82.2 Å². The second kappa shape index (κ2) is 7.77. The van der Waals surface area contributed by atoms with Crippen LogP contribution in [0, 0.1) is 0 Å². The number of halogens is 1. The summed E-state index contributed by atoms with van der Waals surface area (Å²) < 4.78 is 12.5. The molecule has 0 spiro atoms. The van der Waals surface area contributed by atoms with Gasteiger partial charge in [0.1, 0.15) is 5.69 Å². The van der Waals surface area contributed by atoms with Gasteiger partial charge < -0.3 is 14.6 Å². The molecule has 146 valence electrons. The first-order chi connectivity index (χ1) is 13.6. The average molecular weight is 401 g/mol. The molecule has 28 heavy (non-hydrogen) atoms. The van der Waals surface area contributed by atoms with Crippen molar-refractivity contribution >= 4 is 17.5 Å². The van der Waals surface area contributed by atoms with Crippen molar-refractivity contribution in [2.45, 2.75) is 18.3 Å². The third-order valence-corrected chi connectivity index (χ3v) is 5.44. The molecule has 0 radical (unpaired) electrons. The first-order valence-corrected chi connectivity index (χ1v) is 9.51. The van der Waals surface area contributed by atoms with Gasteiger partial charge >= 0.3 is 0 Å². The Morgan fingerprint density at radius 3 is 2.86 bits per heavy atom. The number of aryl methyl sites for hydroxylation is 1. The van der Waals surface area contributed by atoms with E-state index in [0.29, 0.717) is 30.5 Å². The molecule has 8 heteroatoms. The van der Waals surface area contributed by atoms with Crippen LogP contribution in [0.1, 0.15) is 29.0 Å². The summed E-state index contributed by atoms with van der Waals surface area (Å²) in [5.41, 5.74) is 2.27. The molecular weight excluding hydrogens is 380 g/mol. The molecule has 1 fully saturated rings. The molecule has 7 nitrogen and oxygen atoms in total. The van der Waals surface area contributed by atoms with E-state index < -0.39 is 0 Å². The molecular formula is C20H21ClN4O3. The van der Waals surface area contributed by atoms with Gasteiger partial charge in [-0.15, -0.1) is 0 Å². The summed E-state index contributed by atoms with van der Waals surface area (Å²) in [6.45, 7) is 1.77. The van der Waals surface area contributed by atoms with Crippen molar-refractivity contribution in [3.05, 3.63) is 59.1 Å². The van der Waals surface area contributed by atoms with E-state index in [1.165, 1.54) is 0 Å². The predicted octanol–water partition coefficient (Wildman–Crippen LogP) is 3.21. The molecule has 0 unspecified atom stereocenters. The number of nitrogens with one attached hydrogen (secondary N) is 1. The lowest BCUT2D eigenvalue weighted by atomic mass is 9.74. The molecule has 0 atom stereocenters. The van der Waals surface area contributed by atoms with Crippen molar-refractivity contribution in [1.82, 2.24) is 20.3 Å². The van der Waals surface area contributed by atoms with Crippen LogP contribution >= 0.6 is 11.6 Å². The van der Waals surface area contributed by atoms with Crippen LogP contribution in [-0.2, 0) is 17.2 Å². The lowest BCUT2D eigenvalue weighted by molar-refractivity contribution is 0.0484. The maximum atomic E-state index is 12.7. The quantitative estimate of drug-likeness (QED) is 0.711. The second-order valence-corrected chi connectivity index (χ2v) is 7.50. The zero-order valence-electron chi connectivity index (χ0n) is 15.5.